The third-order valence-electron chi connectivity index (χ3n) is 4.12. The van der Waals surface area contributed by atoms with Crippen LogP contribution in [0.4, 0.5) is 0 Å². The Kier molecular flexibility index (Phi) is 4.16. The van der Waals surface area contributed by atoms with Gasteiger partial charge in [0, 0.05) is 20.6 Å². The van der Waals surface area contributed by atoms with Crippen molar-refractivity contribution in [3.63, 3.8) is 0 Å². The molecule has 2 aromatic heterocycles. The summed E-state index contributed by atoms with van der Waals surface area (Å²) in [4.78, 5) is 30.7. The molecule has 0 unspecified atom stereocenters. The summed E-state index contributed by atoms with van der Waals surface area (Å²) in [6.07, 6.45) is 2.87. The third-order valence-corrected chi connectivity index (χ3v) is 4.12. The minimum atomic E-state index is -0.259. The van der Waals surface area contributed by atoms with E-state index in [2.05, 4.69) is 10.1 Å². The fourth-order valence-corrected chi connectivity index (χ4v) is 2.58. The molecular weight excluding hydrogens is 306 g/mol. The van der Waals surface area contributed by atoms with Crippen molar-refractivity contribution in [1.82, 2.24) is 24.2 Å². The van der Waals surface area contributed by atoms with Crippen LogP contribution < -0.4 is 5.56 Å². The van der Waals surface area contributed by atoms with Crippen LogP contribution in [0, 0.1) is 6.92 Å². The van der Waals surface area contributed by atoms with Crippen LogP contribution in [0.2, 0.25) is 0 Å². The molecular formula is C17H19N5O2. The summed E-state index contributed by atoms with van der Waals surface area (Å²) in [6, 6.07) is 7.92. The Morgan fingerprint density at radius 1 is 1.29 bits per heavy atom. The van der Waals surface area contributed by atoms with Crippen molar-refractivity contribution in [1.29, 1.82) is 0 Å². The molecule has 24 heavy (non-hydrogen) atoms. The van der Waals surface area contributed by atoms with Gasteiger partial charge >= 0.3 is 0 Å². The smallest absolute Gasteiger partial charge is 0.264 e. The van der Waals surface area contributed by atoms with E-state index < -0.39 is 0 Å². The van der Waals surface area contributed by atoms with Gasteiger partial charge in [-0.15, -0.1) is 0 Å². The van der Waals surface area contributed by atoms with Crippen LogP contribution >= 0.6 is 0 Å². The van der Waals surface area contributed by atoms with Crippen molar-refractivity contribution in [2.24, 2.45) is 7.05 Å². The summed E-state index contributed by atoms with van der Waals surface area (Å²) in [5.41, 5.74) is 2.47. The van der Waals surface area contributed by atoms with Crippen LogP contribution in [0.15, 0.2) is 41.6 Å². The third kappa shape index (κ3) is 2.92. The molecule has 0 atom stereocenters. The molecule has 3 aromatic rings. The van der Waals surface area contributed by atoms with Crippen molar-refractivity contribution in [2.75, 3.05) is 7.05 Å². The molecule has 1 amide bonds. The van der Waals surface area contributed by atoms with E-state index in [0.717, 1.165) is 11.1 Å². The summed E-state index contributed by atoms with van der Waals surface area (Å²) in [5, 5.41) is 4.43. The lowest BCUT2D eigenvalue weighted by Crippen LogP contribution is -2.33. The van der Waals surface area contributed by atoms with E-state index in [1.165, 1.54) is 21.8 Å². The predicted molar refractivity (Wildman–Crippen MR) is 90.4 cm³/mol. The highest BCUT2D eigenvalue weighted by Gasteiger charge is 2.14. The molecule has 0 bridgehead atoms. The van der Waals surface area contributed by atoms with Gasteiger partial charge in [-0.2, -0.15) is 5.10 Å². The molecule has 7 heteroatoms. The highest BCUT2D eigenvalue weighted by molar-refractivity contribution is 5.77. The number of carbonyl (C=O) groups is 1. The number of hydrogen-bond acceptors (Lipinski definition) is 4. The second-order valence-corrected chi connectivity index (χ2v) is 5.86. The number of benzene rings is 1. The average Bonchev–Trinajstić information content (AvgIpc) is 2.94. The lowest BCUT2D eigenvalue weighted by atomic mass is 10.1. The fraction of sp³-hybridized carbons (Fsp3) is 0.294. The molecule has 7 nitrogen and oxygen atoms in total. The highest BCUT2D eigenvalue weighted by atomic mass is 16.2. The quantitative estimate of drug-likeness (QED) is 0.720. The number of amides is 1. The molecule has 0 aliphatic heterocycles. The van der Waals surface area contributed by atoms with E-state index in [-0.39, 0.29) is 18.0 Å². The Balaban J connectivity index is 1.78. The summed E-state index contributed by atoms with van der Waals surface area (Å²) >= 11 is 0. The van der Waals surface area contributed by atoms with E-state index in [1.807, 2.05) is 31.2 Å². The van der Waals surface area contributed by atoms with Crippen molar-refractivity contribution >= 4 is 16.9 Å². The monoisotopic (exact) mass is 325 g/mol. The molecule has 0 N–H and O–H groups in total. The van der Waals surface area contributed by atoms with Crippen molar-refractivity contribution in [2.45, 2.75) is 20.0 Å². The van der Waals surface area contributed by atoms with Crippen molar-refractivity contribution in [3.05, 3.63) is 58.3 Å². The molecule has 0 aliphatic rings. The minimum Gasteiger partial charge on any atom is -0.340 e. The van der Waals surface area contributed by atoms with Gasteiger partial charge in [0.05, 0.1) is 6.20 Å². The van der Waals surface area contributed by atoms with Crippen LogP contribution in [-0.4, -0.2) is 37.2 Å². The molecule has 0 saturated heterocycles. The summed E-state index contributed by atoms with van der Waals surface area (Å²) < 4.78 is 2.86. The van der Waals surface area contributed by atoms with Gasteiger partial charge in [-0.25, -0.2) is 4.98 Å². The molecule has 124 valence electrons. The number of carbonyl (C=O) groups excluding carboxylic acids is 1. The van der Waals surface area contributed by atoms with Gasteiger partial charge in [0.2, 0.25) is 5.91 Å². The van der Waals surface area contributed by atoms with E-state index in [0.29, 0.717) is 17.6 Å². The SMILES string of the molecule is Cc1ccccc1CN(C)C(=O)Cn1cnc2c(cnn2C)c1=O. The average molecular weight is 325 g/mol. The first-order chi connectivity index (χ1) is 11.5. The first-order valence-corrected chi connectivity index (χ1v) is 7.63. The zero-order chi connectivity index (χ0) is 17.3. The van der Waals surface area contributed by atoms with E-state index in [9.17, 15) is 9.59 Å². The van der Waals surface area contributed by atoms with Crippen LogP contribution in [0.5, 0.6) is 0 Å². The van der Waals surface area contributed by atoms with Gasteiger partial charge in [0.25, 0.3) is 5.56 Å². The van der Waals surface area contributed by atoms with Crippen molar-refractivity contribution in [3.8, 4) is 0 Å². The highest BCUT2D eigenvalue weighted by Crippen LogP contribution is 2.10. The van der Waals surface area contributed by atoms with Gasteiger partial charge in [-0.05, 0) is 18.1 Å². The first-order valence-electron chi connectivity index (χ1n) is 7.63. The Morgan fingerprint density at radius 3 is 2.79 bits per heavy atom. The standard InChI is InChI=1S/C17H19N5O2/c1-12-6-4-5-7-13(12)9-20(2)15(23)10-22-11-18-16-14(17(22)24)8-19-21(16)3/h4-8,11H,9-10H2,1-3H3. The maximum atomic E-state index is 12.4. The van der Waals surface area contributed by atoms with Gasteiger partial charge in [0.1, 0.15) is 18.3 Å². The Bertz CT molecular complexity index is 957. The Labute approximate surface area is 139 Å². The van der Waals surface area contributed by atoms with Gasteiger partial charge in [-0.3, -0.25) is 18.8 Å². The van der Waals surface area contributed by atoms with Gasteiger partial charge in [0.15, 0.2) is 5.65 Å². The molecule has 2 heterocycles. The number of likely N-dealkylation sites (N-methyl/N-ethyl adjacent to an activating group) is 1. The Hall–Kier alpha value is -2.96. The number of hydrogen-bond donors (Lipinski definition) is 0. The fourth-order valence-electron chi connectivity index (χ4n) is 2.58. The molecule has 0 saturated carbocycles. The van der Waals surface area contributed by atoms with E-state index in [4.69, 9.17) is 0 Å². The normalized spacial score (nSPS) is 11.0. The molecule has 0 fully saturated rings. The number of aromatic nitrogens is 4. The van der Waals surface area contributed by atoms with Crippen LogP contribution in [0.3, 0.4) is 0 Å². The number of aryl methyl sites for hydroxylation is 2. The Morgan fingerprint density at radius 2 is 2.04 bits per heavy atom. The summed E-state index contributed by atoms with van der Waals surface area (Å²) in [7, 11) is 3.45. The minimum absolute atomic E-state index is 0.0426. The van der Waals surface area contributed by atoms with E-state index >= 15 is 0 Å². The predicted octanol–water partition coefficient (Wildman–Crippen LogP) is 1.10. The van der Waals surface area contributed by atoms with Gasteiger partial charge < -0.3 is 4.90 Å². The van der Waals surface area contributed by atoms with E-state index in [1.54, 1.807) is 19.0 Å². The second kappa shape index (κ2) is 6.27. The molecule has 1 aromatic carbocycles. The van der Waals surface area contributed by atoms with Crippen LogP contribution in [0.1, 0.15) is 11.1 Å². The number of fused-ring (bicyclic) bond motifs is 1. The molecule has 0 aliphatic carbocycles. The second-order valence-electron chi connectivity index (χ2n) is 5.86. The zero-order valence-corrected chi connectivity index (χ0v) is 13.9. The molecule has 3 rings (SSSR count). The maximum absolute atomic E-state index is 12.4. The number of nitrogens with zero attached hydrogens (tertiary/aromatic N) is 5. The largest absolute Gasteiger partial charge is 0.340 e. The zero-order valence-electron chi connectivity index (χ0n) is 13.9. The van der Waals surface area contributed by atoms with Crippen LogP contribution in [0.25, 0.3) is 11.0 Å². The number of rotatable bonds is 4. The topological polar surface area (TPSA) is 73.0 Å². The lowest BCUT2D eigenvalue weighted by Gasteiger charge is -2.19. The summed E-state index contributed by atoms with van der Waals surface area (Å²) in [5.74, 6) is -0.148. The van der Waals surface area contributed by atoms with Gasteiger partial charge in [-0.1, -0.05) is 24.3 Å². The van der Waals surface area contributed by atoms with Crippen LogP contribution in [-0.2, 0) is 24.9 Å². The summed E-state index contributed by atoms with van der Waals surface area (Å²) in [6.45, 7) is 2.47. The first kappa shape index (κ1) is 15.9. The lowest BCUT2D eigenvalue weighted by molar-refractivity contribution is -0.131. The molecule has 0 spiro atoms. The maximum Gasteiger partial charge on any atom is 0.264 e. The van der Waals surface area contributed by atoms with Crippen molar-refractivity contribution < 1.29 is 4.79 Å². The molecule has 0 radical (unpaired) electrons.